The Bertz CT molecular complexity index is 7600. The number of pyridine rings is 2. The first-order valence-electron chi connectivity index (χ1n) is 40.8. The number of fused-ring (bicyclic) bond motifs is 12. The van der Waals surface area contributed by atoms with E-state index in [1.807, 2.05) is 12.1 Å². The first-order valence-corrected chi connectivity index (χ1v) is 40.8. The number of benzene rings is 16. The fourth-order valence-corrected chi connectivity index (χ4v) is 17.6. The van der Waals surface area contributed by atoms with Crippen LogP contribution in [0.15, 0.2) is 373 Å². The molecule has 0 amide bonds. The summed E-state index contributed by atoms with van der Waals surface area (Å²) >= 11 is 0. The highest BCUT2D eigenvalue weighted by atomic mass is 16.3. The highest BCUT2D eigenvalue weighted by Gasteiger charge is 2.26. The standard InChI is InChI=1S/C57H41N3O.C55H37N3O/c1-34-26-35(2)29-43(28-34)50-33-49(59-57(60-50)44-30-36(3)27-37(4)31-44)40-20-24-42(25-21-40)56-47-32-52-55(46-15-9-11-17-51(46)61-52)53(54(47)45-14-8-10-16-48(45)58-56)41-22-18-39(19-23-41)38-12-6-5-7-13-38;1-34-16-20-38(21-17-34)47-33-48(58-55(57-47)42-22-18-35(2)19-23-42)39-26-30-41(31-27-39)54-45-32-50-53(44-13-7-9-15-49(44)59-50)51(52(45)43-12-6-8-14-46(43)56-54)40-28-24-37(25-29-40)36-10-4-3-5-11-36/h5-33H,1-4H3;3-33H,1-2H3. The van der Waals surface area contributed by atoms with Gasteiger partial charge in [-0.2, -0.15) is 0 Å². The third-order valence-corrected chi connectivity index (χ3v) is 23.2. The molecule has 0 bridgehead atoms. The Kier molecular flexibility index (Phi) is 18.1. The van der Waals surface area contributed by atoms with Crippen LogP contribution in [0, 0.1) is 41.5 Å². The lowest BCUT2D eigenvalue weighted by molar-refractivity contribution is 0.669. The molecule has 0 unspecified atom stereocenters. The Balaban J connectivity index is 0.000000149. The van der Waals surface area contributed by atoms with Gasteiger partial charge in [0.1, 0.15) is 22.3 Å². The molecule has 22 aromatic rings. The molecule has 120 heavy (non-hydrogen) atoms. The average molecular weight is 1540 g/mol. The third kappa shape index (κ3) is 13.5. The molecule has 8 heteroatoms. The predicted octanol–water partition coefficient (Wildman–Crippen LogP) is 30.0. The third-order valence-electron chi connectivity index (χ3n) is 23.2. The molecule has 0 aliphatic rings. The van der Waals surface area contributed by atoms with Gasteiger partial charge in [-0.15, -0.1) is 0 Å². The minimum Gasteiger partial charge on any atom is -0.456 e. The minimum atomic E-state index is 0.698. The van der Waals surface area contributed by atoms with Gasteiger partial charge >= 0.3 is 0 Å². The van der Waals surface area contributed by atoms with Gasteiger partial charge in [-0.25, -0.2) is 29.9 Å². The molecule has 16 aromatic carbocycles. The maximum Gasteiger partial charge on any atom is 0.160 e. The average Bonchev–Trinajstić information content (AvgIpc) is 1.39. The zero-order valence-electron chi connectivity index (χ0n) is 67.1. The Morgan fingerprint density at radius 2 is 0.475 bits per heavy atom. The van der Waals surface area contributed by atoms with Crippen molar-refractivity contribution >= 4 is 87.2 Å². The summed E-state index contributed by atoms with van der Waals surface area (Å²) in [4.78, 5) is 31.3. The van der Waals surface area contributed by atoms with E-state index in [0.717, 1.165) is 188 Å². The van der Waals surface area contributed by atoms with Crippen LogP contribution in [0.5, 0.6) is 0 Å². The summed E-state index contributed by atoms with van der Waals surface area (Å²) in [6.45, 7) is 12.7. The number of rotatable bonds is 12. The smallest absolute Gasteiger partial charge is 0.160 e. The van der Waals surface area contributed by atoms with Crippen molar-refractivity contribution in [3.8, 4) is 135 Å². The van der Waals surface area contributed by atoms with E-state index in [9.17, 15) is 0 Å². The van der Waals surface area contributed by atoms with Crippen LogP contribution >= 0.6 is 0 Å². The van der Waals surface area contributed by atoms with E-state index >= 15 is 0 Å². The van der Waals surface area contributed by atoms with Gasteiger partial charge in [0.05, 0.1) is 45.2 Å². The zero-order chi connectivity index (χ0) is 80.6. The molecule has 0 aliphatic heterocycles. The van der Waals surface area contributed by atoms with E-state index in [2.05, 4.69) is 393 Å². The molecule has 22 rings (SSSR count). The van der Waals surface area contributed by atoms with Crippen molar-refractivity contribution in [1.82, 2.24) is 29.9 Å². The maximum absolute atomic E-state index is 6.68. The van der Waals surface area contributed by atoms with Gasteiger partial charge in [0, 0.05) is 109 Å². The van der Waals surface area contributed by atoms with Crippen LogP contribution in [-0.2, 0) is 0 Å². The first kappa shape index (κ1) is 72.3. The van der Waals surface area contributed by atoms with Crippen LogP contribution in [0.1, 0.15) is 33.4 Å². The van der Waals surface area contributed by atoms with Crippen molar-refractivity contribution in [2.45, 2.75) is 41.5 Å². The van der Waals surface area contributed by atoms with Crippen molar-refractivity contribution in [1.29, 1.82) is 0 Å². The van der Waals surface area contributed by atoms with Crippen molar-refractivity contribution < 1.29 is 8.83 Å². The topological polar surface area (TPSA) is 104 Å². The molecule has 0 N–H and O–H groups in total. The molecule has 0 radical (unpaired) electrons. The normalized spacial score (nSPS) is 11.6. The number of aromatic nitrogens is 6. The Morgan fingerprint density at radius 3 is 0.883 bits per heavy atom. The van der Waals surface area contributed by atoms with E-state index in [0.29, 0.717) is 11.6 Å². The lowest BCUT2D eigenvalue weighted by Crippen LogP contribution is -1.97. The molecule has 0 saturated carbocycles. The van der Waals surface area contributed by atoms with Crippen molar-refractivity contribution in [3.05, 3.63) is 397 Å². The molecule has 6 heterocycles. The number of furan rings is 2. The second-order valence-corrected chi connectivity index (χ2v) is 31.7. The van der Waals surface area contributed by atoms with Crippen molar-refractivity contribution in [2.24, 2.45) is 0 Å². The summed E-state index contributed by atoms with van der Waals surface area (Å²) in [5, 5.41) is 11.0. The highest BCUT2D eigenvalue weighted by Crippen LogP contribution is 2.50. The quantitative estimate of drug-likeness (QED) is 0.111. The molecule has 6 aromatic heterocycles. The summed E-state index contributed by atoms with van der Waals surface area (Å²) in [7, 11) is 0. The zero-order valence-corrected chi connectivity index (χ0v) is 67.1. The molecule has 568 valence electrons. The van der Waals surface area contributed by atoms with E-state index < -0.39 is 0 Å². The fraction of sp³-hybridized carbons (Fsp3) is 0.0536. The summed E-state index contributed by atoms with van der Waals surface area (Å²) in [5.74, 6) is 1.41. The first-order chi connectivity index (χ1) is 58.9. The van der Waals surface area contributed by atoms with Crippen molar-refractivity contribution in [2.75, 3.05) is 0 Å². The number of aryl methyl sites for hydroxylation is 6. The summed E-state index contributed by atoms with van der Waals surface area (Å²) < 4.78 is 13.3. The number of para-hydroxylation sites is 4. The van der Waals surface area contributed by atoms with Gasteiger partial charge in [-0.3, -0.25) is 0 Å². The number of hydrogen-bond donors (Lipinski definition) is 0. The molecule has 0 fully saturated rings. The second kappa shape index (κ2) is 30.0. The van der Waals surface area contributed by atoms with E-state index in [1.54, 1.807) is 0 Å². The van der Waals surface area contributed by atoms with Gasteiger partial charge in [0.2, 0.25) is 0 Å². The lowest BCUT2D eigenvalue weighted by atomic mass is 9.89. The SMILES string of the molecule is Cc1cc(C)cc(-c2cc(-c3ccc(-c4nc5ccccc5c5c(-c6ccc(-c7ccccc7)cc6)c6c(cc45)oc4ccccc46)cc3)nc(-c3cc(C)cc(C)c3)n2)c1.Cc1ccc(-c2cc(-c3ccc(-c4nc5ccccc5c5c(-c6ccc(-c7ccccc7)cc6)c6c(cc45)oc4ccccc46)cc3)nc(-c3ccc(C)cc3)n2)cc1. The lowest BCUT2D eigenvalue weighted by Gasteiger charge is -2.16. The van der Waals surface area contributed by atoms with E-state index in [4.69, 9.17) is 38.7 Å². The van der Waals surface area contributed by atoms with Crippen LogP contribution in [0.4, 0.5) is 0 Å². The highest BCUT2D eigenvalue weighted by molar-refractivity contribution is 6.29. The monoisotopic (exact) mass is 1540 g/mol. The molecule has 8 nitrogen and oxygen atoms in total. The molecule has 0 spiro atoms. The molecule has 0 atom stereocenters. The van der Waals surface area contributed by atoms with Crippen LogP contribution < -0.4 is 0 Å². The second-order valence-electron chi connectivity index (χ2n) is 31.7. The predicted molar refractivity (Wildman–Crippen MR) is 498 cm³/mol. The summed E-state index contributed by atoms with van der Waals surface area (Å²) in [6, 6.07) is 129. The molecule has 0 aliphatic carbocycles. The van der Waals surface area contributed by atoms with Gasteiger partial charge in [0.15, 0.2) is 11.6 Å². The number of hydrogen-bond acceptors (Lipinski definition) is 8. The van der Waals surface area contributed by atoms with E-state index in [1.165, 1.54) is 55.6 Å². The van der Waals surface area contributed by atoms with Crippen LogP contribution in [0.25, 0.3) is 222 Å². The van der Waals surface area contributed by atoms with Crippen molar-refractivity contribution in [3.63, 3.8) is 0 Å². The number of nitrogens with zero attached hydrogens (tertiary/aromatic N) is 6. The molecular formula is C112H78N6O2. The van der Waals surface area contributed by atoms with Gasteiger partial charge in [0.25, 0.3) is 0 Å². The van der Waals surface area contributed by atoms with E-state index in [-0.39, 0.29) is 0 Å². The van der Waals surface area contributed by atoms with Gasteiger partial charge in [-0.1, -0.05) is 325 Å². The Hall–Kier alpha value is -15.4. The van der Waals surface area contributed by atoms with Gasteiger partial charge in [-0.05, 0) is 148 Å². The summed E-state index contributed by atoms with van der Waals surface area (Å²) in [6.07, 6.45) is 0. The minimum absolute atomic E-state index is 0.698. The fourth-order valence-electron chi connectivity index (χ4n) is 17.6. The largest absolute Gasteiger partial charge is 0.456 e. The van der Waals surface area contributed by atoms with Crippen LogP contribution in [0.2, 0.25) is 0 Å². The van der Waals surface area contributed by atoms with Crippen LogP contribution in [-0.4, -0.2) is 29.9 Å². The molecular weight excluding hydrogens is 1460 g/mol. The summed E-state index contributed by atoms with van der Waals surface area (Å²) in [5.41, 5.74) is 35.2. The Labute approximate surface area is 695 Å². The van der Waals surface area contributed by atoms with Gasteiger partial charge < -0.3 is 8.83 Å². The Morgan fingerprint density at radius 1 is 0.175 bits per heavy atom. The maximum atomic E-state index is 6.68. The van der Waals surface area contributed by atoms with Crippen LogP contribution in [0.3, 0.4) is 0 Å². The molecule has 0 saturated heterocycles.